The van der Waals surface area contributed by atoms with Gasteiger partial charge in [-0.25, -0.2) is 4.98 Å². The maximum absolute atomic E-state index is 6.28. The van der Waals surface area contributed by atoms with Gasteiger partial charge in [0, 0.05) is 18.5 Å². The summed E-state index contributed by atoms with van der Waals surface area (Å²) in [5, 5.41) is 0. The van der Waals surface area contributed by atoms with E-state index in [9.17, 15) is 0 Å². The van der Waals surface area contributed by atoms with Crippen LogP contribution in [-0.2, 0) is 13.0 Å². The van der Waals surface area contributed by atoms with E-state index in [1.54, 1.807) is 0 Å². The van der Waals surface area contributed by atoms with Crippen LogP contribution in [0, 0.1) is 0 Å². The van der Waals surface area contributed by atoms with E-state index in [1.807, 2.05) is 31.2 Å². The number of imidazole rings is 1. The van der Waals surface area contributed by atoms with Crippen LogP contribution >= 0.6 is 0 Å². The van der Waals surface area contributed by atoms with Crippen molar-refractivity contribution in [1.29, 1.82) is 0 Å². The predicted octanol–water partition coefficient (Wildman–Crippen LogP) is 3.50. The number of hydrogen-bond donors (Lipinski definition) is 1. The van der Waals surface area contributed by atoms with Gasteiger partial charge in [0.1, 0.15) is 23.1 Å². The molecular weight excluding hydrogens is 250 g/mol. The Labute approximate surface area is 120 Å². The second kappa shape index (κ2) is 6.46. The zero-order valence-corrected chi connectivity index (χ0v) is 12.5. The van der Waals surface area contributed by atoms with E-state index in [4.69, 9.17) is 15.5 Å². The van der Waals surface area contributed by atoms with Gasteiger partial charge in [0.05, 0.1) is 6.61 Å². The maximum atomic E-state index is 6.28. The fraction of sp³-hybridized carbons (Fsp3) is 0.438. The summed E-state index contributed by atoms with van der Waals surface area (Å²) in [4.78, 5) is 4.70. The fourth-order valence-corrected chi connectivity index (χ4v) is 2.37. The minimum Gasteiger partial charge on any atom is -0.494 e. The van der Waals surface area contributed by atoms with Crippen molar-refractivity contribution in [3.8, 4) is 17.0 Å². The highest BCUT2D eigenvalue weighted by atomic mass is 16.5. The van der Waals surface area contributed by atoms with Gasteiger partial charge in [-0.2, -0.15) is 0 Å². The van der Waals surface area contributed by atoms with E-state index in [1.165, 1.54) is 0 Å². The molecule has 0 bridgehead atoms. The van der Waals surface area contributed by atoms with Crippen molar-refractivity contribution in [2.24, 2.45) is 0 Å². The van der Waals surface area contributed by atoms with Crippen molar-refractivity contribution < 1.29 is 4.74 Å². The number of benzene rings is 1. The topological polar surface area (TPSA) is 53.1 Å². The van der Waals surface area contributed by atoms with Gasteiger partial charge in [0.15, 0.2) is 0 Å². The number of nitrogens with two attached hydrogens (primary N) is 1. The third kappa shape index (κ3) is 2.79. The summed E-state index contributed by atoms with van der Waals surface area (Å²) in [6.07, 6.45) is 1.93. The van der Waals surface area contributed by atoms with E-state index in [2.05, 4.69) is 18.4 Å². The molecule has 0 unspecified atom stereocenters. The molecule has 0 atom stereocenters. The second-order valence-electron chi connectivity index (χ2n) is 4.73. The minimum atomic E-state index is 0.656. The molecule has 0 amide bonds. The summed E-state index contributed by atoms with van der Waals surface area (Å²) in [7, 11) is 0. The SMILES string of the molecule is CCCn1c(CC)nc(-c2cccc(OCC)c2)c1N. The Morgan fingerprint density at radius 2 is 2.05 bits per heavy atom. The average Bonchev–Trinajstić information content (AvgIpc) is 2.77. The molecule has 0 aliphatic rings. The van der Waals surface area contributed by atoms with Crippen LogP contribution in [0.15, 0.2) is 24.3 Å². The number of ether oxygens (including phenoxy) is 1. The van der Waals surface area contributed by atoms with Crippen molar-refractivity contribution in [2.75, 3.05) is 12.3 Å². The largest absolute Gasteiger partial charge is 0.494 e. The molecule has 0 saturated heterocycles. The van der Waals surface area contributed by atoms with Crippen LogP contribution in [0.3, 0.4) is 0 Å². The van der Waals surface area contributed by atoms with Crippen LogP contribution < -0.4 is 10.5 Å². The van der Waals surface area contributed by atoms with Crippen LogP contribution in [0.2, 0.25) is 0 Å². The molecule has 2 N–H and O–H groups in total. The fourth-order valence-electron chi connectivity index (χ4n) is 2.37. The van der Waals surface area contributed by atoms with Crippen LogP contribution in [0.25, 0.3) is 11.3 Å². The zero-order chi connectivity index (χ0) is 14.5. The van der Waals surface area contributed by atoms with E-state index in [0.29, 0.717) is 6.61 Å². The first kappa shape index (κ1) is 14.4. The summed E-state index contributed by atoms with van der Waals surface area (Å²) < 4.78 is 7.66. The Morgan fingerprint density at radius 3 is 2.70 bits per heavy atom. The Morgan fingerprint density at radius 1 is 1.25 bits per heavy atom. The molecule has 0 aliphatic carbocycles. The van der Waals surface area contributed by atoms with E-state index in [-0.39, 0.29) is 0 Å². The number of rotatable bonds is 6. The molecule has 2 rings (SSSR count). The zero-order valence-electron chi connectivity index (χ0n) is 12.5. The smallest absolute Gasteiger partial charge is 0.131 e. The molecule has 0 aliphatic heterocycles. The molecule has 1 aromatic carbocycles. The highest BCUT2D eigenvalue weighted by Gasteiger charge is 2.14. The third-order valence-electron chi connectivity index (χ3n) is 3.27. The normalized spacial score (nSPS) is 10.8. The standard InChI is InChI=1S/C16H23N3O/c1-4-10-19-14(5-2)18-15(16(19)17)12-8-7-9-13(11-12)20-6-3/h7-9,11H,4-6,10,17H2,1-3H3. The first-order valence-electron chi connectivity index (χ1n) is 7.29. The quantitative estimate of drug-likeness (QED) is 0.876. The van der Waals surface area contributed by atoms with Gasteiger partial charge in [-0.1, -0.05) is 26.0 Å². The molecule has 108 valence electrons. The van der Waals surface area contributed by atoms with Crippen molar-refractivity contribution in [1.82, 2.24) is 9.55 Å². The number of hydrogen-bond acceptors (Lipinski definition) is 3. The molecule has 0 radical (unpaired) electrons. The lowest BCUT2D eigenvalue weighted by molar-refractivity contribution is 0.340. The second-order valence-corrected chi connectivity index (χ2v) is 4.73. The lowest BCUT2D eigenvalue weighted by Crippen LogP contribution is -2.06. The Balaban J connectivity index is 2.44. The molecule has 1 heterocycles. The first-order chi connectivity index (χ1) is 9.71. The minimum absolute atomic E-state index is 0.656. The summed E-state index contributed by atoms with van der Waals surface area (Å²) in [5.74, 6) is 2.64. The van der Waals surface area contributed by atoms with Gasteiger partial charge < -0.3 is 15.0 Å². The molecule has 0 spiro atoms. The van der Waals surface area contributed by atoms with Crippen molar-refractivity contribution in [3.63, 3.8) is 0 Å². The lowest BCUT2D eigenvalue weighted by atomic mass is 10.1. The molecule has 2 aromatic rings. The molecule has 20 heavy (non-hydrogen) atoms. The number of anilines is 1. The van der Waals surface area contributed by atoms with Crippen molar-refractivity contribution in [2.45, 2.75) is 40.2 Å². The van der Waals surface area contributed by atoms with E-state index < -0.39 is 0 Å². The molecule has 0 saturated carbocycles. The van der Waals surface area contributed by atoms with Gasteiger partial charge >= 0.3 is 0 Å². The number of aryl methyl sites for hydroxylation is 1. The average molecular weight is 273 g/mol. The Bertz CT molecular complexity index is 575. The third-order valence-corrected chi connectivity index (χ3v) is 3.27. The van der Waals surface area contributed by atoms with Crippen LogP contribution in [0.4, 0.5) is 5.82 Å². The molecule has 4 nitrogen and oxygen atoms in total. The van der Waals surface area contributed by atoms with E-state index in [0.717, 1.165) is 48.0 Å². The molecule has 1 aromatic heterocycles. The summed E-state index contributed by atoms with van der Waals surface area (Å²) >= 11 is 0. The molecule has 4 heteroatoms. The monoisotopic (exact) mass is 273 g/mol. The lowest BCUT2D eigenvalue weighted by Gasteiger charge is -2.07. The van der Waals surface area contributed by atoms with Crippen molar-refractivity contribution in [3.05, 3.63) is 30.1 Å². The summed E-state index contributed by atoms with van der Waals surface area (Å²) in [6, 6.07) is 7.95. The van der Waals surface area contributed by atoms with Gasteiger partial charge in [-0.05, 0) is 25.5 Å². The summed E-state index contributed by atoms with van der Waals surface area (Å²) in [5.41, 5.74) is 8.15. The number of nitrogens with zero attached hydrogens (tertiary/aromatic N) is 2. The predicted molar refractivity (Wildman–Crippen MR) is 82.9 cm³/mol. The van der Waals surface area contributed by atoms with E-state index >= 15 is 0 Å². The molecule has 0 fully saturated rings. The van der Waals surface area contributed by atoms with Crippen LogP contribution in [0.1, 0.15) is 33.0 Å². The summed E-state index contributed by atoms with van der Waals surface area (Å²) in [6.45, 7) is 7.80. The van der Waals surface area contributed by atoms with Gasteiger partial charge in [0.25, 0.3) is 0 Å². The van der Waals surface area contributed by atoms with Gasteiger partial charge in [-0.15, -0.1) is 0 Å². The number of nitrogen functional groups attached to an aromatic ring is 1. The van der Waals surface area contributed by atoms with Crippen LogP contribution in [-0.4, -0.2) is 16.2 Å². The molecular formula is C16H23N3O. The Kier molecular flexibility index (Phi) is 4.66. The van der Waals surface area contributed by atoms with Crippen LogP contribution in [0.5, 0.6) is 5.75 Å². The number of aromatic nitrogens is 2. The van der Waals surface area contributed by atoms with Crippen molar-refractivity contribution >= 4 is 5.82 Å². The first-order valence-corrected chi connectivity index (χ1v) is 7.29. The highest BCUT2D eigenvalue weighted by Crippen LogP contribution is 2.29. The Hall–Kier alpha value is -1.97. The van der Waals surface area contributed by atoms with Gasteiger partial charge in [0.2, 0.25) is 0 Å². The maximum Gasteiger partial charge on any atom is 0.131 e. The van der Waals surface area contributed by atoms with Gasteiger partial charge in [-0.3, -0.25) is 0 Å². The highest BCUT2D eigenvalue weighted by molar-refractivity contribution is 5.72.